The average Bonchev–Trinajstić information content (AvgIpc) is 2.91. The molecule has 0 bridgehead atoms. The predicted octanol–water partition coefficient (Wildman–Crippen LogP) is 3.92. The molecule has 194 valence electrons. The molecule has 3 saturated heterocycles. The van der Waals surface area contributed by atoms with E-state index in [-0.39, 0.29) is 12.3 Å². The van der Waals surface area contributed by atoms with E-state index >= 15 is 0 Å². The summed E-state index contributed by atoms with van der Waals surface area (Å²) >= 11 is 0. The predicted molar refractivity (Wildman–Crippen MR) is 138 cm³/mol. The zero-order valence-electron chi connectivity index (χ0n) is 21.2. The molecule has 1 amide bonds. The molecule has 4 heterocycles. The molecule has 3 fully saturated rings. The maximum atomic E-state index is 14.2. The van der Waals surface area contributed by atoms with Crippen molar-refractivity contribution < 1.29 is 13.9 Å². The zero-order valence-corrected chi connectivity index (χ0v) is 21.2. The molecule has 3 aliphatic rings. The summed E-state index contributed by atoms with van der Waals surface area (Å²) in [4.78, 5) is 23.0. The summed E-state index contributed by atoms with van der Waals surface area (Å²) in [7, 11) is 1.73. The van der Waals surface area contributed by atoms with Gasteiger partial charge in [-0.25, -0.2) is 4.39 Å². The molecule has 1 aromatic heterocycles. The van der Waals surface area contributed by atoms with Crippen molar-refractivity contribution in [3.05, 3.63) is 59.7 Å². The number of carbonyl (C=O) groups is 1. The number of benzene rings is 1. The molecule has 1 aromatic carbocycles. The normalized spacial score (nSPS) is 24.3. The van der Waals surface area contributed by atoms with Gasteiger partial charge in [-0.3, -0.25) is 20.0 Å². The third kappa shape index (κ3) is 6.05. The first-order valence-corrected chi connectivity index (χ1v) is 13.4. The number of hydrogen-bond acceptors (Lipinski definition) is 6. The fourth-order valence-electron chi connectivity index (χ4n) is 5.59. The second-order valence-corrected chi connectivity index (χ2v) is 10.4. The Hall–Kier alpha value is -2.55. The number of likely N-dealkylation sites (tertiary alicyclic amines) is 1. The number of aromatic nitrogens is 1. The van der Waals surface area contributed by atoms with Crippen molar-refractivity contribution in [3.63, 3.8) is 0 Å². The first-order chi connectivity index (χ1) is 17.6. The van der Waals surface area contributed by atoms with Crippen molar-refractivity contribution in [1.29, 1.82) is 0 Å². The van der Waals surface area contributed by atoms with E-state index in [2.05, 4.69) is 44.4 Å². The van der Waals surface area contributed by atoms with E-state index in [1.165, 1.54) is 49.8 Å². The molecule has 3 aliphatic heterocycles. The Morgan fingerprint density at radius 2 is 1.81 bits per heavy atom. The lowest BCUT2D eigenvalue weighted by Gasteiger charge is -2.39. The fraction of sp³-hybridized carbons (Fsp3) is 0.571. The summed E-state index contributed by atoms with van der Waals surface area (Å²) < 4.78 is 20.4. The summed E-state index contributed by atoms with van der Waals surface area (Å²) in [5.41, 5.74) is 3.14. The van der Waals surface area contributed by atoms with Gasteiger partial charge in [0.2, 0.25) is 5.91 Å². The number of nitrogens with one attached hydrogen (secondary N) is 1. The van der Waals surface area contributed by atoms with Crippen LogP contribution in [-0.4, -0.2) is 66.9 Å². The van der Waals surface area contributed by atoms with Gasteiger partial charge < -0.3 is 14.5 Å². The van der Waals surface area contributed by atoms with Gasteiger partial charge in [0.25, 0.3) is 0 Å². The summed E-state index contributed by atoms with van der Waals surface area (Å²) in [6, 6.07) is 10.3. The first kappa shape index (κ1) is 25.1. The maximum Gasteiger partial charge on any atom is 0.227 e. The van der Waals surface area contributed by atoms with Crippen molar-refractivity contribution >= 4 is 11.6 Å². The van der Waals surface area contributed by atoms with Crippen LogP contribution in [0.4, 0.5) is 10.1 Å². The number of hydrogen-bond donors (Lipinski definition) is 1. The van der Waals surface area contributed by atoms with Gasteiger partial charge in [0, 0.05) is 56.6 Å². The number of nitrogens with zero attached hydrogens (tertiary/aromatic N) is 4. The van der Waals surface area contributed by atoms with E-state index < -0.39 is 18.2 Å². The van der Waals surface area contributed by atoms with Crippen molar-refractivity contribution in [1.82, 2.24) is 20.1 Å². The number of carbonyl (C=O) groups excluding carboxylic acids is 1. The molecule has 7 nitrogen and oxygen atoms in total. The van der Waals surface area contributed by atoms with Crippen LogP contribution in [0, 0.1) is 11.7 Å². The van der Waals surface area contributed by atoms with Crippen molar-refractivity contribution in [2.75, 3.05) is 44.7 Å². The molecule has 2 unspecified atom stereocenters. The first-order valence-electron chi connectivity index (χ1n) is 13.4. The summed E-state index contributed by atoms with van der Waals surface area (Å²) in [6.45, 7) is 6.07. The maximum absolute atomic E-state index is 14.2. The third-order valence-electron chi connectivity index (χ3n) is 7.91. The lowest BCUT2D eigenvalue weighted by atomic mass is 9.97. The molecule has 0 saturated carbocycles. The molecule has 0 radical (unpaired) electrons. The number of rotatable bonds is 7. The van der Waals surface area contributed by atoms with Gasteiger partial charge in [0.1, 0.15) is 5.82 Å². The Kier molecular flexibility index (Phi) is 8.14. The van der Waals surface area contributed by atoms with Crippen molar-refractivity contribution in [2.45, 2.75) is 57.5 Å². The number of halogens is 1. The van der Waals surface area contributed by atoms with Crippen LogP contribution in [0.25, 0.3) is 0 Å². The molecule has 8 heteroatoms. The van der Waals surface area contributed by atoms with Gasteiger partial charge >= 0.3 is 0 Å². The second kappa shape index (κ2) is 11.7. The molecular formula is C28H38FN5O2. The van der Waals surface area contributed by atoms with Crippen LogP contribution in [-0.2, 0) is 16.1 Å². The standard InChI is InChI=1S/C28H38FN5O2/c1-32-27(35)17-26(24-9-12-30-18-25(24)29)31-28(32)36-20-22-10-15-34(16-11-22)23-7-5-21(6-8-23)19-33-13-3-2-4-14-33/h5-9,12,18,22,26,28,31H,2-4,10-11,13-17,19-20H2,1H3. The summed E-state index contributed by atoms with van der Waals surface area (Å²) in [5.74, 6) is -0.0283. The molecule has 0 aliphatic carbocycles. The van der Waals surface area contributed by atoms with Crippen LogP contribution in [0.15, 0.2) is 42.7 Å². The van der Waals surface area contributed by atoms with Crippen molar-refractivity contribution in [2.24, 2.45) is 5.92 Å². The average molecular weight is 496 g/mol. The third-order valence-corrected chi connectivity index (χ3v) is 7.91. The van der Waals surface area contributed by atoms with Crippen LogP contribution >= 0.6 is 0 Å². The van der Waals surface area contributed by atoms with Gasteiger partial charge in [-0.1, -0.05) is 18.6 Å². The van der Waals surface area contributed by atoms with Gasteiger partial charge in [-0.05, 0) is 68.5 Å². The lowest BCUT2D eigenvalue weighted by molar-refractivity contribution is -0.158. The number of amides is 1. The Bertz CT molecular complexity index is 1010. The highest BCUT2D eigenvalue weighted by atomic mass is 19.1. The molecule has 2 atom stereocenters. The van der Waals surface area contributed by atoms with Gasteiger partial charge in [-0.2, -0.15) is 0 Å². The Morgan fingerprint density at radius 3 is 2.53 bits per heavy atom. The summed E-state index contributed by atoms with van der Waals surface area (Å²) in [5, 5.41) is 3.30. The highest BCUT2D eigenvalue weighted by molar-refractivity contribution is 5.77. The smallest absolute Gasteiger partial charge is 0.227 e. The zero-order chi connectivity index (χ0) is 24.9. The SMILES string of the molecule is CN1C(=O)CC(c2ccncc2F)NC1OCC1CCN(c2ccc(CN3CCCCC3)cc2)CC1. The molecule has 0 spiro atoms. The van der Waals surface area contributed by atoms with E-state index in [0.29, 0.717) is 18.1 Å². The van der Waals surface area contributed by atoms with E-state index in [9.17, 15) is 9.18 Å². The van der Waals surface area contributed by atoms with E-state index in [0.717, 1.165) is 32.5 Å². The number of pyridine rings is 1. The molecular weight excluding hydrogens is 457 g/mol. The van der Waals surface area contributed by atoms with Gasteiger partial charge in [0.15, 0.2) is 6.35 Å². The van der Waals surface area contributed by atoms with Crippen LogP contribution in [0.2, 0.25) is 0 Å². The lowest BCUT2D eigenvalue weighted by Crippen LogP contribution is -2.55. The highest BCUT2D eigenvalue weighted by Gasteiger charge is 2.34. The van der Waals surface area contributed by atoms with Crippen LogP contribution < -0.4 is 10.2 Å². The highest BCUT2D eigenvalue weighted by Crippen LogP contribution is 2.28. The minimum absolute atomic E-state index is 0.0569. The quantitative estimate of drug-likeness (QED) is 0.629. The molecule has 2 aromatic rings. The minimum Gasteiger partial charge on any atom is -0.372 e. The Morgan fingerprint density at radius 1 is 1.06 bits per heavy atom. The van der Waals surface area contributed by atoms with Crippen LogP contribution in [0.5, 0.6) is 0 Å². The van der Waals surface area contributed by atoms with E-state index in [1.807, 2.05) is 0 Å². The Labute approximate surface area is 213 Å². The van der Waals surface area contributed by atoms with E-state index in [1.54, 1.807) is 24.2 Å². The molecule has 5 rings (SSSR count). The second-order valence-electron chi connectivity index (χ2n) is 10.4. The van der Waals surface area contributed by atoms with Crippen LogP contribution in [0.3, 0.4) is 0 Å². The monoisotopic (exact) mass is 495 g/mol. The molecule has 1 N–H and O–H groups in total. The number of anilines is 1. The fourth-order valence-corrected chi connectivity index (χ4v) is 5.59. The van der Waals surface area contributed by atoms with Gasteiger partial charge in [-0.15, -0.1) is 0 Å². The topological polar surface area (TPSA) is 60.9 Å². The van der Waals surface area contributed by atoms with Crippen LogP contribution in [0.1, 0.15) is 55.7 Å². The van der Waals surface area contributed by atoms with Gasteiger partial charge in [0.05, 0.1) is 12.8 Å². The number of piperidine rings is 2. The Balaban J connectivity index is 1.09. The largest absolute Gasteiger partial charge is 0.372 e. The van der Waals surface area contributed by atoms with E-state index in [4.69, 9.17) is 4.74 Å². The number of ether oxygens (including phenoxy) is 1. The summed E-state index contributed by atoms with van der Waals surface area (Å²) in [6.07, 6.45) is 8.48. The van der Waals surface area contributed by atoms with Crippen molar-refractivity contribution in [3.8, 4) is 0 Å². The minimum atomic E-state index is -0.561. The molecule has 36 heavy (non-hydrogen) atoms.